The number of nitrogens with one attached hydrogen (secondary N) is 2. The Morgan fingerprint density at radius 2 is 1.87 bits per heavy atom. The third-order valence-corrected chi connectivity index (χ3v) is 6.07. The van der Waals surface area contributed by atoms with E-state index >= 15 is 0 Å². The van der Waals surface area contributed by atoms with E-state index in [1.54, 1.807) is 23.2 Å². The molecule has 1 aliphatic heterocycles. The molecule has 2 N–H and O–H groups in total. The highest BCUT2D eigenvalue weighted by atomic mass is 32.2. The first-order valence-corrected chi connectivity index (χ1v) is 11.7. The number of morpholine rings is 1. The van der Waals surface area contributed by atoms with E-state index in [1.807, 2.05) is 13.8 Å². The molecule has 0 aliphatic carbocycles. The quantitative estimate of drug-likeness (QED) is 0.661. The maximum Gasteiger partial charge on any atom is 0.257 e. The van der Waals surface area contributed by atoms with Crippen molar-refractivity contribution in [3.05, 3.63) is 42.2 Å². The predicted octanol–water partition coefficient (Wildman–Crippen LogP) is 1.53. The number of aromatic nitrogens is 2. The van der Waals surface area contributed by atoms with Crippen molar-refractivity contribution in [1.82, 2.24) is 14.7 Å². The van der Waals surface area contributed by atoms with Gasteiger partial charge in [0.15, 0.2) is 0 Å². The number of para-hydroxylation sites is 1. The van der Waals surface area contributed by atoms with Crippen LogP contribution in [0.25, 0.3) is 0 Å². The molecule has 1 aliphatic rings. The number of amides is 2. The topological polar surface area (TPSA) is 123 Å². The largest absolute Gasteiger partial charge is 0.372 e. The zero-order chi connectivity index (χ0) is 22.6. The number of anilines is 2. The molecule has 1 aromatic heterocycles. The Bertz CT molecular complexity index is 1040. The van der Waals surface area contributed by atoms with Crippen LogP contribution in [0, 0.1) is 0 Å². The molecule has 2 aromatic rings. The first kappa shape index (κ1) is 22.8. The highest BCUT2D eigenvalue weighted by Gasteiger charge is 2.26. The molecule has 2 heterocycles. The third-order valence-electron chi connectivity index (χ3n) is 4.78. The smallest absolute Gasteiger partial charge is 0.257 e. The van der Waals surface area contributed by atoms with Crippen LogP contribution in [0.2, 0.25) is 0 Å². The second-order valence-corrected chi connectivity index (χ2v) is 9.50. The number of carbonyl (C=O) groups is 2. The fraction of sp³-hybridized carbons (Fsp3) is 0.450. The number of nitrogens with zero attached hydrogens (tertiary/aromatic N) is 3. The first-order valence-electron chi connectivity index (χ1n) is 10.0. The van der Waals surface area contributed by atoms with Gasteiger partial charge in [-0.25, -0.2) is 8.42 Å². The van der Waals surface area contributed by atoms with E-state index < -0.39 is 15.9 Å². The lowest BCUT2D eigenvalue weighted by Gasteiger charge is -2.35. The minimum absolute atomic E-state index is 0.0228. The van der Waals surface area contributed by atoms with Gasteiger partial charge in [0.1, 0.15) is 6.54 Å². The van der Waals surface area contributed by atoms with Crippen molar-refractivity contribution in [3.8, 4) is 0 Å². The number of carbonyl (C=O) groups excluding carboxylic acids is 2. The minimum Gasteiger partial charge on any atom is -0.372 e. The van der Waals surface area contributed by atoms with Gasteiger partial charge in [-0.3, -0.25) is 19.0 Å². The Hall–Kier alpha value is -2.92. The van der Waals surface area contributed by atoms with Crippen molar-refractivity contribution in [2.75, 3.05) is 28.9 Å². The van der Waals surface area contributed by atoms with Crippen molar-refractivity contribution < 1.29 is 22.7 Å². The normalized spacial score (nSPS) is 19.1. The Labute approximate surface area is 181 Å². The molecule has 0 radical (unpaired) electrons. The van der Waals surface area contributed by atoms with E-state index in [2.05, 4.69) is 15.1 Å². The molecule has 168 valence electrons. The maximum atomic E-state index is 12.7. The Morgan fingerprint density at radius 1 is 1.19 bits per heavy atom. The van der Waals surface area contributed by atoms with Crippen LogP contribution in [0.15, 0.2) is 36.7 Å². The van der Waals surface area contributed by atoms with Crippen molar-refractivity contribution in [1.29, 1.82) is 0 Å². The Morgan fingerprint density at radius 3 is 2.55 bits per heavy atom. The average Bonchev–Trinajstić information content (AvgIpc) is 3.14. The Kier molecular flexibility index (Phi) is 6.96. The number of hydrogen-bond acceptors (Lipinski definition) is 6. The molecule has 0 unspecified atom stereocenters. The van der Waals surface area contributed by atoms with Gasteiger partial charge in [-0.15, -0.1) is 0 Å². The monoisotopic (exact) mass is 449 g/mol. The number of hydrogen-bond donors (Lipinski definition) is 2. The van der Waals surface area contributed by atoms with Crippen molar-refractivity contribution in [2.24, 2.45) is 0 Å². The average molecular weight is 450 g/mol. The summed E-state index contributed by atoms with van der Waals surface area (Å²) in [6, 6.07) is 6.33. The summed E-state index contributed by atoms with van der Waals surface area (Å²) in [5, 5.41) is 6.83. The molecule has 11 heteroatoms. The van der Waals surface area contributed by atoms with E-state index in [-0.39, 0.29) is 41.7 Å². The summed E-state index contributed by atoms with van der Waals surface area (Å²) in [5.74, 6) is -0.678. The van der Waals surface area contributed by atoms with E-state index in [9.17, 15) is 18.0 Å². The van der Waals surface area contributed by atoms with Crippen LogP contribution in [-0.4, -0.2) is 66.0 Å². The van der Waals surface area contributed by atoms with Crippen LogP contribution >= 0.6 is 0 Å². The molecule has 3 rings (SSSR count). The summed E-state index contributed by atoms with van der Waals surface area (Å²) in [4.78, 5) is 27.0. The second kappa shape index (κ2) is 9.48. The summed E-state index contributed by atoms with van der Waals surface area (Å²) in [7, 11) is -3.53. The molecular formula is C20H27N5O5S. The van der Waals surface area contributed by atoms with E-state index in [4.69, 9.17) is 4.74 Å². The second-order valence-electron chi connectivity index (χ2n) is 7.49. The summed E-state index contributed by atoms with van der Waals surface area (Å²) in [6.07, 6.45) is 2.95. The van der Waals surface area contributed by atoms with Crippen molar-refractivity contribution >= 4 is 33.2 Å². The lowest BCUT2D eigenvalue weighted by molar-refractivity contribution is -0.144. The minimum atomic E-state index is -3.53. The summed E-state index contributed by atoms with van der Waals surface area (Å²) < 4.78 is 33.3. The van der Waals surface area contributed by atoms with Crippen LogP contribution in [-0.2, 0) is 26.1 Å². The van der Waals surface area contributed by atoms with Gasteiger partial charge in [-0.05, 0) is 32.9 Å². The summed E-state index contributed by atoms with van der Waals surface area (Å²) in [6.45, 7) is 6.46. The van der Waals surface area contributed by atoms with Gasteiger partial charge in [0, 0.05) is 19.3 Å². The number of benzene rings is 1. The van der Waals surface area contributed by atoms with Crippen LogP contribution in [0.1, 0.15) is 31.1 Å². The molecule has 2 atom stereocenters. The molecule has 0 bridgehead atoms. The van der Waals surface area contributed by atoms with Crippen molar-refractivity contribution in [2.45, 2.75) is 39.5 Å². The molecule has 1 aromatic carbocycles. The standard InChI is InChI=1S/C20H27N5O5S/c1-4-31(28,29)23-18-8-6-5-7-17(18)20(27)22-16-9-21-25(12-16)13-19(26)24-10-14(2)30-15(3)11-24/h5-9,12,14-15,23H,4,10-11,13H2,1-3H3,(H,22,27)/t14-,15-/m0/s1. The molecule has 1 saturated heterocycles. The maximum absolute atomic E-state index is 12.7. The lowest BCUT2D eigenvalue weighted by atomic mass is 10.1. The zero-order valence-corrected chi connectivity index (χ0v) is 18.6. The number of rotatable bonds is 7. The molecule has 10 nitrogen and oxygen atoms in total. The molecule has 0 saturated carbocycles. The van der Waals surface area contributed by atoms with Crippen LogP contribution < -0.4 is 10.0 Å². The molecule has 2 amide bonds. The fourth-order valence-electron chi connectivity index (χ4n) is 3.34. The van der Waals surface area contributed by atoms with Crippen LogP contribution in [0.3, 0.4) is 0 Å². The molecule has 0 spiro atoms. The van der Waals surface area contributed by atoms with Gasteiger partial charge in [-0.1, -0.05) is 12.1 Å². The molecular weight excluding hydrogens is 422 g/mol. The first-order chi connectivity index (χ1) is 14.7. The zero-order valence-electron chi connectivity index (χ0n) is 17.7. The number of ether oxygens (including phenoxy) is 1. The van der Waals surface area contributed by atoms with Gasteiger partial charge in [-0.2, -0.15) is 5.10 Å². The molecule has 31 heavy (non-hydrogen) atoms. The van der Waals surface area contributed by atoms with Gasteiger partial charge in [0.25, 0.3) is 5.91 Å². The van der Waals surface area contributed by atoms with E-state index in [0.29, 0.717) is 18.8 Å². The van der Waals surface area contributed by atoms with E-state index in [0.717, 1.165) is 0 Å². The lowest BCUT2D eigenvalue weighted by Crippen LogP contribution is -2.49. The van der Waals surface area contributed by atoms with Crippen molar-refractivity contribution in [3.63, 3.8) is 0 Å². The Balaban J connectivity index is 1.65. The highest BCUT2D eigenvalue weighted by molar-refractivity contribution is 7.92. The highest BCUT2D eigenvalue weighted by Crippen LogP contribution is 2.19. The SMILES string of the molecule is CCS(=O)(=O)Nc1ccccc1C(=O)Nc1cnn(CC(=O)N2C[C@H](C)O[C@@H](C)C2)c1. The van der Waals surface area contributed by atoms with Gasteiger partial charge < -0.3 is 15.0 Å². The van der Waals surface area contributed by atoms with Crippen LogP contribution in [0.5, 0.6) is 0 Å². The fourth-order valence-corrected chi connectivity index (χ4v) is 4.00. The summed E-state index contributed by atoms with van der Waals surface area (Å²) in [5.41, 5.74) is 0.772. The van der Waals surface area contributed by atoms with Gasteiger partial charge >= 0.3 is 0 Å². The number of sulfonamides is 1. The predicted molar refractivity (Wildman–Crippen MR) is 116 cm³/mol. The van der Waals surface area contributed by atoms with Crippen LogP contribution in [0.4, 0.5) is 11.4 Å². The van der Waals surface area contributed by atoms with Gasteiger partial charge in [0.05, 0.1) is 41.1 Å². The summed E-state index contributed by atoms with van der Waals surface area (Å²) >= 11 is 0. The van der Waals surface area contributed by atoms with Gasteiger partial charge in [0.2, 0.25) is 15.9 Å². The van der Waals surface area contributed by atoms with E-state index in [1.165, 1.54) is 29.9 Å². The third kappa shape index (κ3) is 6.05. The molecule has 1 fully saturated rings.